The number of aliphatic imine (C=N–C) groups is 1. The number of hydrogen-bond donors (Lipinski definition) is 2. The largest absolute Gasteiger partial charge is 0.357 e. The van der Waals surface area contributed by atoms with Gasteiger partial charge in [-0.25, -0.2) is 8.78 Å². The molecule has 2 rings (SSSR count). The molecule has 1 aliphatic rings. The summed E-state index contributed by atoms with van der Waals surface area (Å²) in [5, 5.41) is 6.76. The highest BCUT2D eigenvalue weighted by molar-refractivity contribution is 5.80. The third kappa shape index (κ3) is 5.96. The Bertz CT molecular complexity index is 569. The van der Waals surface area contributed by atoms with E-state index in [2.05, 4.69) is 41.3 Å². The maximum absolute atomic E-state index is 13.2. The number of nitrogens with zero attached hydrogens (tertiary/aromatic N) is 2. The Kier molecular flexibility index (Phi) is 7.17. The number of nitrogens with one attached hydrogen (secondary N) is 2. The predicted molar refractivity (Wildman–Crippen MR) is 98.8 cm³/mol. The molecular formula is C19H30F2N4. The molecule has 0 spiro atoms. The first-order chi connectivity index (χ1) is 11.9. The van der Waals surface area contributed by atoms with Gasteiger partial charge in [0.25, 0.3) is 0 Å². The highest BCUT2D eigenvalue weighted by atomic mass is 19.1. The molecule has 0 radical (unpaired) electrons. The smallest absolute Gasteiger partial charge is 0.191 e. The summed E-state index contributed by atoms with van der Waals surface area (Å²) in [5.74, 6) is 0.223. The summed E-state index contributed by atoms with van der Waals surface area (Å²) in [6, 6.07) is 4.50. The van der Waals surface area contributed by atoms with E-state index in [1.54, 1.807) is 0 Å². The number of halogens is 2. The van der Waals surface area contributed by atoms with Crippen molar-refractivity contribution in [2.45, 2.75) is 46.2 Å². The van der Waals surface area contributed by atoms with E-state index in [0.717, 1.165) is 31.7 Å². The van der Waals surface area contributed by atoms with Gasteiger partial charge < -0.3 is 10.6 Å². The molecule has 25 heavy (non-hydrogen) atoms. The minimum atomic E-state index is -0.544. The van der Waals surface area contributed by atoms with Gasteiger partial charge in [-0.2, -0.15) is 0 Å². The van der Waals surface area contributed by atoms with Crippen LogP contribution in [-0.4, -0.2) is 49.1 Å². The minimum Gasteiger partial charge on any atom is -0.357 e. The van der Waals surface area contributed by atoms with Gasteiger partial charge >= 0.3 is 0 Å². The highest BCUT2D eigenvalue weighted by Gasteiger charge is 2.31. The molecule has 0 bridgehead atoms. The van der Waals surface area contributed by atoms with Crippen LogP contribution in [0, 0.1) is 17.6 Å². The first kappa shape index (κ1) is 19.6. The van der Waals surface area contributed by atoms with Crippen LogP contribution in [0.15, 0.2) is 23.2 Å². The Morgan fingerprint density at radius 1 is 1.24 bits per heavy atom. The molecule has 6 heteroatoms. The van der Waals surface area contributed by atoms with E-state index in [4.69, 9.17) is 0 Å². The van der Waals surface area contributed by atoms with Crippen LogP contribution < -0.4 is 10.6 Å². The number of rotatable bonds is 6. The van der Waals surface area contributed by atoms with Gasteiger partial charge in [-0.15, -0.1) is 0 Å². The lowest BCUT2D eigenvalue weighted by molar-refractivity contribution is 0.265. The predicted octanol–water partition coefficient (Wildman–Crippen LogP) is 2.79. The van der Waals surface area contributed by atoms with Crippen LogP contribution in [0.25, 0.3) is 0 Å². The molecule has 2 N–H and O–H groups in total. The molecule has 1 aliphatic heterocycles. The average molecular weight is 352 g/mol. The Morgan fingerprint density at radius 3 is 2.48 bits per heavy atom. The molecule has 1 aromatic carbocycles. The van der Waals surface area contributed by atoms with Crippen molar-refractivity contribution in [1.82, 2.24) is 15.5 Å². The van der Waals surface area contributed by atoms with Crippen molar-refractivity contribution in [3.8, 4) is 0 Å². The maximum atomic E-state index is 13.2. The molecule has 2 unspecified atom stereocenters. The molecule has 2 atom stereocenters. The first-order valence-electron chi connectivity index (χ1n) is 9.13. The molecule has 140 valence electrons. The van der Waals surface area contributed by atoms with Gasteiger partial charge in [0.1, 0.15) is 11.6 Å². The summed E-state index contributed by atoms with van der Waals surface area (Å²) >= 11 is 0. The van der Waals surface area contributed by atoms with Crippen molar-refractivity contribution in [3.05, 3.63) is 35.4 Å². The topological polar surface area (TPSA) is 39.7 Å². The SMILES string of the molecule is CCNC(=NCCc1cc(F)cc(F)c1)NC1CN(C(C)C)CC1C. The third-order valence-corrected chi connectivity index (χ3v) is 4.63. The monoisotopic (exact) mass is 352 g/mol. The molecule has 1 heterocycles. The van der Waals surface area contributed by atoms with Crippen molar-refractivity contribution in [3.63, 3.8) is 0 Å². The van der Waals surface area contributed by atoms with Crippen LogP contribution >= 0.6 is 0 Å². The van der Waals surface area contributed by atoms with Crippen LogP contribution in [0.3, 0.4) is 0 Å². The van der Waals surface area contributed by atoms with Crippen LogP contribution in [-0.2, 0) is 6.42 Å². The Hall–Kier alpha value is -1.69. The van der Waals surface area contributed by atoms with Crippen molar-refractivity contribution in [2.24, 2.45) is 10.9 Å². The lowest BCUT2D eigenvalue weighted by Crippen LogP contribution is -2.46. The number of benzene rings is 1. The van der Waals surface area contributed by atoms with E-state index >= 15 is 0 Å². The van der Waals surface area contributed by atoms with Crippen molar-refractivity contribution < 1.29 is 8.78 Å². The highest BCUT2D eigenvalue weighted by Crippen LogP contribution is 2.18. The normalized spacial score (nSPS) is 21.8. The zero-order valence-electron chi connectivity index (χ0n) is 15.6. The van der Waals surface area contributed by atoms with Gasteiger partial charge in [-0.1, -0.05) is 6.92 Å². The second kappa shape index (κ2) is 9.13. The first-order valence-corrected chi connectivity index (χ1v) is 9.13. The standard InChI is InChI=1S/C19H30F2N4/c1-5-22-19(24-18-12-25(13(2)3)11-14(18)4)23-7-6-15-8-16(20)10-17(21)9-15/h8-10,13-14,18H,5-7,11-12H2,1-4H3,(H2,22,23,24). The van der Waals surface area contributed by atoms with E-state index < -0.39 is 11.6 Å². The van der Waals surface area contributed by atoms with Crippen molar-refractivity contribution in [2.75, 3.05) is 26.2 Å². The fraction of sp³-hybridized carbons (Fsp3) is 0.632. The van der Waals surface area contributed by atoms with Gasteiger partial charge in [-0.05, 0) is 50.8 Å². The van der Waals surface area contributed by atoms with Crippen molar-refractivity contribution in [1.29, 1.82) is 0 Å². The summed E-state index contributed by atoms with van der Waals surface area (Å²) in [6.45, 7) is 12.0. The summed E-state index contributed by atoms with van der Waals surface area (Å²) in [4.78, 5) is 7.03. The van der Waals surface area contributed by atoms with E-state index in [0.29, 0.717) is 36.5 Å². The summed E-state index contributed by atoms with van der Waals surface area (Å²) in [6.07, 6.45) is 0.504. The fourth-order valence-corrected chi connectivity index (χ4v) is 3.16. The lowest BCUT2D eigenvalue weighted by Gasteiger charge is -2.22. The zero-order chi connectivity index (χ0) is 18.4. The quantitative estimate of drug-likeness (QED) is 0.611. The second-order valence-corrected chi connectivity index (χ2v) is 7.06. The Balaban J connectivity index is 1.94. The van der Waals surface area contributed by atoms with Gasteiger partial charge in [-0.3, -0.25) is 9.89 Å². The fourth-order valence-electron chi connectivity index (χ4n) is 3.16. The van der Waals surface area contributed by atoms with E-state index in [-0.39, 0.29) is 0 Å². The molecule has 0 amide bonds. The summed E-state index contributed by atoms with van der Waals surface area (Å²) < 4.78 is 26.5. The molecule has 0 saturated carbocycles. The second-order valence-electron chi connectivity index (χ2n) is 7.06. The molecule has 1 saturated heterocycles. The van der Waals surface area contributed by atoms with Crippen LogP contribution in [0.2, 0.25) is 0 Å². The number of guanidine groups is 1. The molecule has 1 fully saturated rings. The van der Waals surface area contributed by atoms with Crippen LogP contribution in [0.5, 0.6) is 0 Å². The molecule has 1 aromatic rings. The van der Waals surface area contributed by atoms with Gasteiger partial charge in [0.2, 0.25) is 0 Å². The molecular weight excluding hydrogens is 322 g/mol. The van der Waals surface area contributed by atoms with Crippen LogP contribution in [0.1, 0.15) is 33.3 Å². The molecule has 0 aliphatic carbocycles. The van der Waals surface area contributed by atoms with Gasteiger partial charge in [0.05, 0.1) is 0 Å². The van der Waals surface area contributed by atoms with E-state index in [9.17, 15) is 8.78 Å². The molecule has 4 nitrogen and oxygen atoms in total. The Labute approximate surface area is 149 Å². The number of likely N-dealkylation sites (tertiary alicyclic amines) is 1. The summed E-state index contributed by atoms with van der Waals surface area (Å²) in [5.41, 5.74) is 0.623. The van der Waals surface area contributed by atoms with Crippen LogP contribution in [0.4, 0.5) is 8.78 Å². The summed E-state index contributed by atoms with van der Waals surface area (Å²) in [7, 11) is 0. The molecule has 0 aromatic heterocycles. The van der Waals surface area contributed by atoms with E-state index in [1.165, 1.54) is 12.1 Å². The minimum absolute atomic E-state index is 0.354. The average Bonchev–Trinajstić information content (AvgIpc) is 2.88. The lowest BCUT2D eigenvalue weighted by atomic mass is 10.1. The van der Waals surface area contributed by atoms with E-state index in [1.807, 2.05) is 6.92 Å². The maximum Gasteiger partial charge on any atom is 0.191 e. The number of hydrogen-bond acceptors (Lipinski definition) is 2. The van der Waals surface area contributed by atoms with Crippen molar-refractivity contribution >= 4 is 5.96 Å². The Morgan fingerprint density at radius 2 is 1.92 bits per heavy atom. The zero-order valence-corrected chi connectivity index (χ0v) is 15.6. The van der Waals surface area contributed by atoms with Gasteiger partial charge in [0.15, 0.2) is 5.96 Å². The van der Waals surface area contributed by atoms with Gasteiger partial charge in [0, 0.05) is 44.3 Å². The third-order valence-electron chi connectivity index (χ3n) is 4.63.